The zero-order valence-electron chi connectivity index (χ0n) is 16.0. The van der Waals surface area contributed by atoms with E-state index in [4.69, 9.17) is 4.42 Å². The molecule has 0 saturated heterocycles. The summed E-state index contributed by atoms with van der Waals surface area (Å²) in [6, 6.07) is 13.8. The van der Waals surface area contributed by atoms with Crippen LogP contribution in [0.4, 0.5) is 0 Å². The second-order valence-corrected chi connectivity index (χ2v) is 7.73. The van der Waals surface area contributed by atoms with Gasteiger partial charge >= 0.3 is 5.63 Å². The largest absolute Gasteiger partial charge is 0.423 e. The molecule has 0 spiro atoms. The third kappa shape index (κ3) is 3.71. The van der Waals surface area contributed by atoms with E-state index >= 15 is 0 Å². The molecule has 0 radical (unpaired) electrons. The van der Waals surface area contributed by atoms with Crippen LogP contribution in [0.15, 0.2) is 56.8 Å². The molecule has 7 heteroatoms. The Hall–Kier alpha value is -2.93. The summed E-state index contributed by atoms with van der Waals surface area (Å²) in [5.41, 5.74) is 5.56. The number of benzene rings is 2. The third-order valence-corrected chi connectivity index (χ3v) is 5.52. The molecule has 0 bridgehead atoms. The van der Waals surface area contributed by atoms with E-state index in [1.807, 2.05) is 38.1 Å². The highest BCUT2D eigenvalue weighted by Gasteiger charge is 2.13. The Balaban J connectivity index is 1.66. The van der Waals surface area contributed by atoms with Crippen LogP contribution in [-0.4, -0.2) is 20.2 Å². The maximum atomic E-state index is 12.0. The van der Waals surface area contributed by atoms with Crippen molar-refractivity contribution in [1.29, 1.82) is 0 Å². The predicted octanol–water partition coefficient (Wildman–Crippen LogP) is 4.24. The van der Waals surface area contributed by atoms with Crippen LogP contribution in [0.3, 0.4) is 0 Å². The van der Waals surface area contributed by atoms with Crippen LogP contribution in [0.5, 0.6) is 0 Å². The first-order valence-corrected chi connectivity index (χ1v) is 10.1. The van der Waals surface area contributed by atoms with E-state index in [0.29, 0.717) is 16.5 Å². The molecule has 0 aliphatic carbocycles. The van der Waals surface area contributed by atoms with E-state index in [1.165, 1.54) is 11.8 Å². The molecule has 4 rings (SSSR count). The summed E-state index contributed by atoms with van der Waals surface area (Å²) in [7, 11) is 0. The summed E-state index contributed by atoms with van der Waals surface area (Å²) < 4.78 is 7.12. The third-order valence-electron chi connectivity index (χ3n) is 4.55. The van der Waals surface area contributed by atoms with Gasteiger partial charge in [-0.3, -0.25) is 0 Å². The minimum Gasteiger partial charge on any atom is -0.423 e. The molecule has 0 aliphatic rings. The zero-order valence-corrected chi connectivity index (χ0v) is 16.8. The standard InChI is InChI=1S/C21H20N4O2S/c1-4-15-5-6-18-16(11-20(26)27-19(18)10-15)12-28-21-22-23-24-25(21)17-8-13(2)7-14(3)9-17/h5-11H,4,12H2,1-3H3. The lowest BCUT2D eigenvalue weighted by Gasteiger charge is -2.08. The number of aromatic nitrogens is 4. The van der Waals surface area contributed by atoms with Gasteiger partial charge in [0.25, 0.3) is 0 Å². The van der Waals surface area contributed by atoms with Crippen LogP contribution >= 0.6 is 11.8 Å². The monoisotopic (exact) mass is 392 g/mol. The normalized spacial score (nSPS) is 11.2. The first-order chi connectivity index (χ1) is 13.5. The summed E-state index contributed by atoms with van der Waals surface area (Å²) in [6.45, 7) is 6.17. The second kappa shape index (κ2) is 7.59. The number of tetrazole rings is 1. The Morgan fingerprint density at radius 2 is 1.86 bits per heavy atom. The van der Waals surface area contributed by atoms with Crippen molar-refractivity contribution in [2.75, 3.05) is 0 Å². The Labute approximate surface area is 166 Å². The molecule has 0 atom stereocenters. The van der Waals surface area contributed by atoms with Gasteiger partial charge in [-0.2, -0.15) is 4.68 Å². The SMILES string of the molecule is CCc1ccc2c(CSc3nnnn3-c3cc(C)cc(C)c3)cc(=O)oc2c1. The summed E-state index contributed by atoms with van der Waals surface area (Å²) >= 11 is 1.49. The molecule has 0 amide bonds. The lowest BCUT2D eigenvalue weighted by Crippen LogP contribution is -2.02. The Bertz CT molecular complexity index is 1190. The summed E-state index contributed by atoms with van der Waals surface area (Å²) in [5, 5.41) is 13.7. The fourth-order valence-corrected chi connectivity index (χ4v) is 4.14. The van der Waals surface area contributed by atoms with Gasteiger partial charge in [-0.05, 0) is 71.1 Å². The Morgan fingerprint density at radius 1 is 1.07 bits per heavy atom. The minimum atomic E-state index is -0.342. The molecule has 2 heterocycles. The number of nitrogens with zero attached hydrogens (tertiary/aromatic N) is 4. The van der Waals surface area contributed by atoms with Crippen molar-refractivity contribution < 1.29 is 4.42 Å². The average molecular weight is 392 g/mol. The highest BCUT2D eigenvalue weighted by atomic mass is 32.2. The molecule has 0 N–H and O–H groups in total. The van der Waals surface area contributed by atoms with Crippen LogP contribution in [0, 0.1) is 13.8 Å². The van der Waals surface area contributed by atoms with Crippen molar-refractivity contribution in [3.8, 4) is 5.69 Å². The summed E-state index contributed by atoms with van der Waals surface area (Å²) in [4.78, 5) is 12.0. The van der Waals surface area contributed by atoms with Gasteiger partial charge in [0.2, 0.25) is 5.16 Å². The van der Waals surface area contributed by atoms with Gasteiger partial charge < -0.3 is 4.42 Å². The lowest BCUT2D eigenvalue weighted by atomic mass is 10.1. The minimum absolute atomic E-state index is 0.342. The summed E-state index contributed by atoms with van der Waals surface area (Å²) in [6.07, 6.45) is 0.892. The van der Waals surface area contributed by atoms with Crippen LogP contribution in [0.2, 0.25) is 0 Å². The van der Waals surface area contributed by atoms with E-state index in [0.717, 1.165) is 39.7 Å². The van der Waals surface area contributed by atoms with Crippen molar-refractivity contribution in [2.45, 2.75) is 38.1 Å². The number of fused-ring (bicyclic) bond motifs is 1. The van der Waals surface area contributed by atoms with E-state index in [2.05, 4.69) is 34.6 Å². The highest BCUT2D eigenvalue weighted by Crippen LogP contribution is 2.27. The molecule has 142 valence electrons. The summed E-state index contributed by atoms with van der Waals surface area (Å²) in [5.74, 6) is 0.568. The van der Waals surface area contributed by atoms with Gasteiger partial charge in [0, 0.05) is 17.2 Å². The molecule has 4 aromatic rings. The maximum absolute atomic E-state index is 12.0. The van der Waals surface area contributed by atoms with Gasteiger partial charge in [0.15, 0.2) is 0 Å². The van der Waals surface area contributed by atoms with Gasteiger partial charge in [0.1, 0.15) is 5.58 Å². The first-order valence-electron chi connectivity index (χ1n) is 9.09. The Morgan fingerprint density at radius 3 is 2.61 bits per heavy atom. The van der Waals surface area contributed by atoms with Crippen molar-refractivity contribution in [3.63, 3.8) is 0 Å². The van der Waals surface area contributed by atoms with E-state index in [-0.39, 0.29) is 5.63 Å². The van der Waals surface area contributed by atoms with Crippen LogP contribution in [-0.2, 0) is 12.2 Å². The molecular formula is C21H20N4O2S. The predicted molar refractivity (Wildman–Crippen MR) is 110 cm³/mol. The van der Waals surface area contributed by atoms with Gasteiger partial charge in [-0.15, -0.1) is 5.10 Å². The first kappa shape index (κ1) is 18.4. The fourth-order valence-electron chi connectivity index (χ4n) is 3.26. The van der Waals surface area contributed by atoms with E-state index in [9.17, 15) is 4.79 Å². The van der Waals surface area contributed by atoms with Gasteiger partial charge in [-0.25, -0.2) is 4.79 Å². The smallest absolute Gasteiger partial charge is 0.336 e. The van der Waals surface area contributed by atoms with Crippen molar-refractivity contribution in [2.24, 2.45) is 0 Å². The number of thioether (sulfide) groups is 1. The molecule has 2 aromatic heterocycles. The fraction of sp³-hybridized carbons (Fsp3) is 0.238. The van der Waals surface area contributed by atoms with E-state index < -0.39 is 0 Å². The molecule has 2 aromatic carbocycles. The van der Waals surface area contributed by atoms with Crippen LogP contribution < -0.4 is 5.63 Å². The number of aryl methyl sites for hydroxylation is 3. The number of hydrogen-bond donors (Lipinski definition) is 0. The second-order valence-electron chi connectivity index (χ2n) is 6.78. The molecular weight excluding hydrogens is 372 g/mol. The number of rotatable bonds is 5. The average Bonchev–Trinajstić information content (AvgIpc) is 3.13. The van der Waals surface area contributed by atoms with Crippen molar-refractivity contribution in [3.05, 3.63) is 75.1 Å². The van der Waals surface area contributed by atoms with Crippen LogP contribution in [0.1, 0.15) is 29.2 Å². The number of hydrogen-bond acceptors (Lipinski definition) is 6. The highest BCUT2D eigenvalue weighted by molar-refractivity contribution is 7.98. The van der Waals surface area contributed by atoms with Gasteiger partial charge in [-0.1, -0.05) is 36.9 Å². The van der Waals surface area contributed by atoms with E-state index in [1.54, 1.807) is 10.7 Å². The van der Waals surface area contributed by atoms with Gasteiger partial charge in [0.05, 0.1) is 5.69 Å². The molecule has 0 aliphatic heterocycles. The Kier molecular flexibility index (Phi) is 5.00. The topological polar surface area (TPSA) is 73.8 Å². The molecule has 6 nitrogen and oxygen atoms in total. The molecule has 28 heavy (non-hydrogen) atoms. The molecule has 0 saturated carbocycles. The van der Waals surface area contributed by atoms with Crippen molar-refractivity contribution in [1.82, 2.24) is 20.2 Å². The molecule has 0 fully saturated rings. The lowest BCUT2D eigenvalue weighted by molar-refractivity contribution is 0.559. The zero-order chi connectivity index (χ0) is 19.7. The maximum Gasteiger partial charge on any atom is 0.336 e. The van der Waals surface area contributed by atoms with Crippen molar-refractivity contribution >= 4 is 22.7 Å². The quantitative estimate of drug-likeness (QED) is 0.374. The molecule has 0 unspecified atom stereocenters. The van der Waals surface area contributed by atoms with Crippen LogP contribution in [0.25, 0.3) is 16.7 Å².